The molecule has 0 aromatic heterocycles. The minimum atomic E-state index is -3.59. The van der Waals surface area contributed by atoms with Crippen molar-refractivity contribution in [2.45, 2.75) is 6.92 Å². The number of anilines is 1. The Kier molecular flexibility index (Phi) is 3.84. The number of hydrogen-bond acceptors (Lipinski definition) is 3. The van der Waals surface area contributed by atoms with Crippen molar-refractivity contribution < 1.29 is 12.8 Å². The maximum absolute atomic E-state index is 13.3. The van der Waals surface area contributed by atoms with E-state index in [9.17, 15) is 12.8 Å². The average Bonchev–Trinajstić information content (AvgIpc) is 2.35. The van der Waals surface area contributed by atoms with Gasteiger partial charge in [-0.05, 0) is 24.6 Å². The molecular weight excluding hydrogens is 257 g/mol. The molecule has 0 saturated carbocycles. The summed E-state index contributed by atoms with van der Waals surface area (Å²) < 4.78 is 41.1. The SMILES string of the molecule is Cc1ccc(NS(=O)(=O)N2CCNCC2)cc1F. The van der Waals surface area contributed by atoms with Gasteiger partial charge in [0.2, 0.25) is 0 Å². The van der Waals surface area contributed by atoms with Crippen molar-refractivity contribution in [3.63, 3.8) is 0 Å². The second-order valence-electron chi connectivity index (χ2n) is 4.22. The molecular formula is C11H16FN3O2S. The fourth-order valence-electron chi connectivity index (χ4n) is 1.75. The van der Waals surface area contributed by atoms with E-state index in [2.05, 4.69) is 10.0 Å². The van der Waals surface area contributed by atoms with Crippen molar-refractivity contribution in [2.75, 3.05) is 30.9 Å². The summed E-state index contributed by atoms with van der Waals surface area (Å²) in [7, 11) is -3.59. The molecule has 0 aliphatic carbocycles. The minimum Gasteiger partial charge on any atom is -0.314 e. The van der Waals surface area contributed by atoms with Gasteiger partial charge in [0.1, 0.15) is 5.82 Å². The van der Waals surface area contributed by atoms with E-state index in [1.54, 1.807) is 19.1 Å². The highest BCUT2D eigenvalue weighted by molar-refractivity contribution is 7.90. The Bertz CT molecular complexity index is 527. The van der Waals surface area contributed by atoms with E-state index in [4.69, 9.17) is 0 Å². The van der Waals surface area contributed by atoms with Crippen LogP contribution in [0.4, 0.5) is 10.1 Å². The number of rotatable bonds is 3. The molecule has 100 valence electrons. The van der Waals surface area contributed by atoms with Crippen molar-refractivity contribution >= 4 is 15.9 Å². The first-order valence-electron chi connectivity index (χ1n) is 5.74. The average molecular weight is 273 g/mol. The number of nitrogens with zero attached hydrogens (tertiary/aromatic N) is 1. The molecule has 18 heavy (non-hydrogen) atoms. The molecule has 1 aromatic carbocycles. The van der Waals surface area contributed by atoms with Gasteiger partial charge in [-0.25, -0.2) is 4.39 Å². The molecule has 7 heteroatoms. The van der Waals surface area contributed by atoms with Crippen LogP contribution in [0, 0.1) is 12.7 Å². The van der Waals surface area contributed by atoms with Crippen LogP contribution in [-0.2, 0) is 10.2 Å². The van der Waals surface area contributed by atoms with Crippen LogP contribution in [0.25, 0.3) is 0 Å². The van der Waals surface area contributed by atoms with E-state index in [1.807, 2.05) is 0 Å². The zero-order valence-electron chi connectivity index (χ0n) is 10.1. The van der Waals surface area contributed by atoms with Crippen LogP contribution in [0.2, 0.25) is 0 Å². The van der Waals surface area contributed by atoms with Crippen LogP contribution in [-0.4, -0.2) is 38.9 Å². The largest absolute Gasteiger partial charge is 0.314 e. The third-order valence-corrected chi connectivity index (χ3v) is 4.37. The van der Waals surface area contributed by atoms with E-state index < -0.39 is 16.0 Å². The normalized spacial score (nSPS) is 17.7. The summed E-state index contributed by atoms with van der Waals surface area (Å²) in [4.78, 5) is 0. The molecule has 2 N–H and O–H groups in total. The van der Waals surface area contributed by atoms with Gasteiger partial charge in [-0.1, -0.05) is 6.07 Å². The predicted molar refractivity (Wildman–Crippen MR) is 68.1 cm³/mol. The molecule has 1 aromatic rings. The van der Waals surface area contributed by atoms with Crippen LogP contribution in [0.15, 0.2) is 18.2 Å². The summed E-state index contributed by atoms with van der Waals surface area (Å²) in [5.41, 5.74) is 0.733. The zero-order valence-corrected chi connectivity index (χ0v) is 10.9. The second kappa shape index (κ2) is 5.21. The monoisotopic (exact) mass is 273 g/mol. The Morgan fingerprint density at radius 3 is 2.61 bits per heavy atom. The van der Waals surface area contributed by atoms with Crippen LogP contribution in [0.3, 0.4) is 0 Å². The minimum absolute atomic E-state index is 0.247. The molecule has 0 atom stereocenters. The van der Waals surface area contributed by atoms with Gasteiger partial charge >= 0.3 is 10.2 Å². The summed E-state index contributed by atoms with van der Waals surface area (Å²) >= 11 is 0. The molecule has 5 nitrogen and oxygen atoms in total. The molecule has 1 heterocycles. The molecule has 2 rings (SSSR count). The highest BCUT2D eigenvalue weighted by atomic mass is 32.2. The Balaban J connectivity index is 2.13. The van der Waals surface area contributed by atoms with Gasteiger partial charge in [0.15, 0.2) is 0 Å². The number of halogens is 1. The number of benzene rings is 1. The molecule has 1 saturated heterocycles. The highest BCUT2D eigenvalue weighted by Gasteiger charge is 2.23. The molecule has 0 radical (unpaired) electrons. The third kappa shape index (κ3) is 2.98. The Hall–Kier alpha value is -1.18. The Morgan fingerprint density at radius 1 is 1.33 bits per heavy atom. The predicted octanol–water partition coefficient (Wildman–Crippen LogP) is 0.696. The third-order valence-electron chi connectivity index (χ3n) is 2.83. The number of piperazine rings is 1. The topological polar surface area (TPSA) is 61.4 Å². The molecule has 1 aliphatic heterocycles. The van der Waals surface area contributed by atoms with Gasteiger partial charge in [-0.2, -0.15) is 12.7 Å². The number of hydrogen-bond donors (Lipinski definition) is 2. The van der Waals surface area contributed by atoms with Crippen molar-refractivity contribution in [3.05, 3.63) is 29.6 Å². The van der Waals surface area contributed by atoms with Crippen LogP contribution >= 0.6 is 0 Å². The van der Waals surface area contributed by atoms with Gasteiger partial charge in [0, 0.05) is 26.2 Å². The van der Waals surface area contributed by atoms with E-state index >= 15 is 0 Å². The van der Waals surface area contributed by atoms with Crippen LogP contribution in [0.1, 0.15) is 5.56 Å². The van der Waals surface area contributed by atoms with Crippen LogP contribution in [0.5, 0.6) is 0 Å². The zero-order chi connectivity index (χ0) is 13.2. The lowest BCUT2D eigenvalue weighted by atomic mass is 10.2. The molecule has 1 aliphatic rings. The molecule has 0 amide bonds. The first-order valence-corrected chi connectivity index (χ1v) is 7.18. The van der Waals surface area contributed by atoms with Gasteiger partial charge in [0.05, 0.1) is 5.69 Å². The fraction of sp³-hybridized carbons (Fsp3) is 0.455. The number of nitrogens with one attached hydrogen (secondary N) is 2. The highest BCUT2D eigenvalue weighted by Crippen LogP contribution is 2.16. The quantitative estimate of drug-likeness (QED) is 0.852. The van der Waals surface area contributed by atoms with Crippen molar-refractivity contribution in [3.8, 4) is 0 Å². The van der Waals surface area contributed by atoms with Gasteiger partial charge in [-0.3, -0.25) is 4.72 Å². The first kappa shape index (κ1) is 13.3. The number of aryl methyl sites for hydroxylation is 1. The molecule has 1 fully saturated rings. The van der Waals surface area contributed by atoms with Gasteiger partial charge < -0.3 is 5.32 Å². The lowest BCUT2D eigenvalue weighted by Gasteiger charge is -2.26. The van der Waals surface area contributed by atoms with Crippen LogP contribution < -0.4 is 10.0 Å². The Morgan fingerprint density at radius 2 is 2.00 bits per heavy atom. The van der Waals surface area contributed by atoms with E-state index in [-0.39, 0.29) is 5.69 Å². The van der Waals surface area contributed by atoms with Crippen molar-refractivity contribution in [1.82, 2.24) is 9.62 Å². The summed E-state index contributed by atoms with van der Waals surface area (Å²) in [6, 6.07) is 4.29. The van der Waals surface area contributed by atoms with Gasteiger partial charge in [0.25, 0.3) is 0 Å². The summed E-state index contributed by atoms with van der Waals surface area (Å²) in [6.45, 7) is 3.73. The maximum atomic E-state index is 13.3. The molecule has 0 bridgehead atoms. The summed E-state index contributed by atoms with van der Waals surface area (Å²) in [5.74, 6) is -0.421. The summed E-state index contributed by atoms with van der Waals surface area (Å²) in [6.07, 6.45) is 0. The van der Waals surface area contributed by atoms with E-state index in [0.29, 0.717) is 31.7 Å². The Labute approximate surface area is 106 Å². The smallest absolute Gasteiger partial charge is 0.301 e. The maximum Gasteiger partial charge on any atom is 0.301 e. The molecule has 0 unspecified atom stereocenters. The lowest BCUT2D eigenvalue weighted by molar-refractivity contribution is 0.362. The van der Waals surface area contributed by atoms with Crippen molar-refractivity contribution in [2.24, 2.45) is 0 Å². The second-order valence-corrected chi connectivity index (χ2v) is 5.89. The standard InChI is InChI=1S/C11H16FN3O2S/c1-9-2-3-10(8-11(9)12)14-18(16,17)15-6-4-13-5-7-15/h2-3,8,13-14H,4-7H2,1H3. The fourth-order valence-corrected chi connectivity index (χ4v) is 2.97. The van der Waals surface area contributed by atoms with Gasteiger partial charge in [-0.15, -0.1) is 0 Å². The molecule has 0 spiro atoms. The van der Waals surface area contributed by atoms with E-state index in [1.165, 1.54) is 10.4 Å². The first-order chi connectivity index (χ1) is 8.49. The summed E-state index contributed by atoms with van der Waals surface area (Å²) in [5, 5.41) is 3.07. The van der Waals surface area contributed by atoms with Crippen molar-refractivity contribution in [1.29, 1.82) is 0 Å². The van der Waals surface area contributed by atoms with E-state index in [0.717, 1.165) is 0 Å². The lowest BCUT2D eigenvalue weighted by Crippen LogP contribution is -2.48.